The molecule has 8 nitrogen and oxygen atoms in total. The number of carbonyl (C=O) groups is 2. The second-order valence-corrected chi connectivity index (χ2v) is 7.00. The average Bonchev–Trinajstić information content (AvgIpc) is 2.16. The predicted molar refractivity (Wildman–Crippen MR) is 67.6 cm³/mol. The summed E-state index contributed by atoms with van der Waals surface area (Å²) in [5.74, 6) is -1.81. The third-order valence-corrected chi connectivity index (χ3v) is 4.32. The third-order valence-electron chi connectivity index (χ3n) is 2.39. The van der Waals surface area contributed by atoms with Crippen molar-refractivity contribution in [1.29, 1.82) is 0 Å². The summed E-state index contributed by atoms with van der Waals surface area (Å²) in [6.07, 6.45) is -0.559. The monoisotopic (exact) mass is 293 g/mol. The fraction of sp³-hybridized carbons (Fsp3) is 0.800. The number of rotatable bonds is 4. The van der Waals surface area contributed by atoms with Crippen molar-refractivity contribution in [3.8, 4) is 0 Å². The molecule has 3 N–H and O–H groups in total. The molecule has 9 heteroatoms. The molecule has 0 radical (unpaired) electrons. The normalized spacial score (nSPS) is 22.1. The standard InChI is InChI=1S/C10H19N3O5S/c1-10(2,3)12-19(17,18)13-5-4-11-9(16)7(13)6-8(14)15/h7,12H,4-6H2,1-3H3,(H,11,16)(H,14,15). The lowest BCUT2D eigenvalue weighted by atomic mass is 10.1. The van der Waals surface area contributed by atoms with Crippen LogP contribution in [0.25, 0.3) is 0 Å². The number of piperazine rings is 1. The highest BCUT2D eigenvalue weighted by atomic mass is 32.2. The van der Waals surface area contributed by atoms with Crippen LogP contribution in [0.5, 0.6) is 0 Å². The van der Waals surface area contributed by atoms with E-state index >= 15 is 0 Å². The van der Waals surface area contributed by atoms with Gasteiger partial charge in [-0.05, 0) is 20.8 Å². The second-order valence-electron chi connectivity index (χ2n) is 5.37. The fourth-order valence-corrected chi connectivity index (χ4v) is 3.51. The fourth-order valence-electron chi connectivity index (χ4n) is 1.79. The Bertz CT molecular complexity index is 468. The molecule has 1 heterocycles. The minimum Gasteiger partial charge on any atom is -0.481 e. The van der Waals surface area contributed by atoms with Crippen LogP contribution in [0.3, 0.4) is 0 Å². The number of carboxylic acids is 1. The first-order valence-electron chi connectivity index (χ1n) is 5.83. The molecule has 0 aromatic carbocycles. The van der Waals surface area contributed by atoms with Crippen LogP contribution >= 0.6 is 0 Å². The van der Waals surface area contributed by atoms with Gasteiger partial charge in [0.15, 0.2) is 0 Å². The molecule has 110 valence electrons. The number of carbonyl (C=O) groups excluding carboxylic acids is 1. The SMILES string of the molecule is CC(C)(C)NS(=O)(=O)N1CCNC(=O)C1CC(=O)O. The molecular formula is C10H19N3O5S. The van der Waals surface area contributed by atoms with E-state index in [0.29, 0.717) is 0 Å². The number of amides is 1. The van der Waals surface area contributed by atoms with E-state index < -0.39 is 40.1 Å². The molecule has 0 aliphatic carbocycles. The summed E-state index contributed by atoms with van der Waals surface area (Å²) >= 11 is 0. The first kappa shape index (κ1) is 15.9. The summed E-state index contributed by atoms with van der Waals surface area (Å²) in [6.45, 7) is 5.22. The molecule has 1 saturated heterocycles. The van der Waals surface area contributed by atoms with Crippen LogP contribution in [-0.4, -0.2) is 54.4 Å². The third kappa shape index (κ3) is 4.44. The van der Waals surface area contributed by atoms with Gasteiger partial charge in [-0.25, -0.2) is 0 Å². The number of hydrogen-bond donors (Lipinski definition) is 3. The van der Waals surface area contributed by atoms with Gasteiger partial charge in [0.2, 0.25) is 5.91 Å². The van der Waals surface area contributed by atoms with Gasteiger partial charge >= 0.3 is 5.97 Å². The maximum Gasteiger partial charge on any atom is 0.305 e. The van der Waals surface area contributed by atoms with Crippen molar-refractivity contribution < 1.29 is 23.1 Å². The van der Waals surface area contributed by atoms with Crippen LogP contribution in [-0.2, 0) is 19.8 Å². The minimum absolute atomic E-state index is 0.0507. The molecule has 1 rings (SSSR count). The minimum atomic E-state index is -3.91. The van der Waals surface area contributed by atoms with Gasteiger partial charge in [0, 0.05) is 18.6 Å². The number of nitrogens with one attached hydrogen (secondary N) is 2. The lowest BCUT2D eigenvalue weighted by Crippen LogP contribution is -2.61. The van der Waals surface area contributed by atoms with Gasteiger partial charge in [-0.15, -0.1) is 0 Å². The van der Waals surface area contributed by atoms with Crippen LogP contribution in [0.2, 0.25) is 0 Å². The summed E-state index contributed by atoms with van der Waals surface area (Å²) < 4.78 is 27.7. The van der Waals surface area contributed by atoms with Crippen LogP contribution in [0.4, 0.5) is 0 Å². The molecule has 0 spiro atoms. The van der Waals surface area contributed by atoms with Gasteiger partial charge < -0.3 is 10.4 Å². The number of carboxylic acid groups (broad SMARTS) is 1. The van der Waals surface area contributed by atoms with Crippen molar-refractivity contribution in [2.75, 3.05) is 13.1 Å². The zero-order chi connectivity index (χ0) is 14.8. The molecule has 19 heavy (non-hydrogen) atoms. The zero-order valence-electron chi connectivity index (χ0n) is 11.1. The molecule has 1 atom stereocenters. The van der Waals surface area contributed by atoms with E-state index in [2.05, 4.69) is 10.0 Å². The van der Waals surface area contributed by atoms with E-state index in [0.717, 1.165) is 4.31 Å². The summed E-state index contributed by atoms with van der Waals surface area (Å²) in [5, 5.41) is 11.2. The number of hydrogen-bond acceptors (Lipinski definition) is 4. The lowest BCUT2D eigenvalue weighted by Gasteiger charge is -2.35. The lowest BCUT2D eigenvalue weighted by molar-refractivity contribution is -0.141. The molecule has 1 aliphatic rings. The van der Waals surface area contributed by atoms with Crippen LogP contribution < -0.4 is 10.0 Å². The van der Waals surface area contributed by atoms with E-state index in [1.807, 2.05) is 0 Å². The Kier molecular flexibility index (Phi) is 4.54. The highest BCUT2D eigenvalue weighted by Crippen LogP contribution is 2.15. The van der Waals surface area contributed by atoms with E-state index in [1.54, 1.807) is 20.8 Å². The molecule has 1 aliphatic heterocycles. The maximum atomic E-state index is 12.2. The Morgan fingerprint density at radius 3 is 2.58 bits per heavy atom. The Morgan fingerprint density at radius 2 is 2.11 bits per heavy atom. The topological polar surface area (TPSA) is 116 Å². The molecule has 1 amide bonds. The first-order valence-corrected chi connectivity index (χ1v) is 7.27. The molecule has 0 saturated carbocycles. The van der Waals surface area contributed by atoms with E-state index in [9.17, 15) is 18.0 Å². The maximum absolute atomic E-state index is 12.2. The predicted octanol–water partition coefficient (Wildman–Crippen LogP) is -1.11. The van der Waals surface area contributed by atoms with Crippen molar-refractivity contribution in [1.82, 2.24) is 14.3 Å². The van der Waals surface area contributed by atoms with Crippen molar-refractivity contribution in [2.24, 2.45) is 0 Å². The molecule has 1 unspecified atom stereocenters. The zero-order valence-corrected chi connectivity index (χ0v) is 12.0. The highest BCUT2D eigenvalue weighted by Gasteiger charge is 2.40. The molecule has 0 aromatic rings. The number of aliphatic carboxylic acids is 1. The Morgan fingerprint density at radius 1 is 1.53 bits per heavy atom. The first-order chi connectivity index (χ1) is 8.53. The molecule has 0 aromatic heterocycles. The Hall–Kier alpha value is -1.19. The van der Waals surface area contributed by atoms with Crippen molar-refractivity contribution in [2.45, 2.75) is 38.8 Å². The van der Waals surface area contributed by atoms with Gasteiger partial charge in [-0.3, -0.25) is 9.59 Å². The number of nitrogens with zero attached hydrogens (tertiary/aromatic N) is 1. The summed E-state index contributed by atoms with van der Waals surface area (Å²) in [6, 6.07) is -1.22. The van der Waals surface area contributed by atoms with Crippen LogP contribution in [0.15, 0.2) is 0 Å². The molecule has 0 bridgehead atoms. The van der Waals surface area contributed by atoms with E-state index in [4.69, 9.17) is 5.11 Å². The Balaban J connectivity index is 3.00. The smallest absolute Gasteiger partial charge is 0.305 e. The van der Waals surface area contributed by atoms with Gasteiger partial charge in [0.05, 0.1) is 6.42 Å². The van der Waals surface area contributed by atoms with Gasteiger partial charge in [0.25, 0.3) is 10.2 Å². The van der Waals surface area contributed by atoms with Gasteiger partial charge in [-0.1, -0.05) is 0 Å². The summed E-state index contributed by atoms with van der Waals surface area (Å²) in [5.41, 5.74) is -0.708. The van der Waals surface area contributed by atoms with Gasteiger partial charge in [0.1, 0.15) is 6.04 Å². The second kappa shape index (κ2) is 5.43. The molecule has 1 fully saturated rings. The summed E-state index contributed by atoms with van der Waals surface area (Å²) in [7, 11) is -3.91. The molecular weight excluding hydrogens is 274 g/mol. The largest absolute Gasteiger partial charge is 0.481 e. The highest BCUT2D eigenvalue weighted by molar-refractivity contribution is 7.87. The van der Waals surface area contributed by atoms with Crippen molar-refractivity contribution >= 4 is 22.1 Å². The van der Waals surface area contributed by atoms with E-state index in [1.165, 1.54) is 0 Å². The van der Waals surface area contributed by atoms with Crippen LogP contribution in [0.1, 0.15) is 27.2 Å². The Labute approximate surface area is 112 Å². The van der Waals surface area contributed by atoms with Crippen molar-refractivity contribution in [3.63, 3.8) is 0 Å². The van der Waals surface area contributed by atoms with E-state index in [-0.39, 0.29) is 13.1 Å². The van der Waals surface area contributed by atoms with Gasteiger partial charge in [-0.2, -0.15) is 17.4 Å². The average molecular weight is 293 g/mol. The van der Waals surface area contributed by atoms with Crippen LogP contribution in [0, 0.1) is 0 Å². The quantitative estimate of drug-likeness (QED) is 0.608. The summed E-state index contributed by atoms with van der Waals surface area (Å²) in [4.78, 5) is 22.4. The van der Waals surface area contributed by atoms with Crippen molar-refractivity contribution in [3.05, 3.63) is 0 Å².